The van der Waals surface area contributed by atoms with E-state index < -0.39 is 6.04 Å². The number of aryl methyl sites for hydroxylation is 1. The van der Waals surface area contributed by atoms with Crippen LogP contribution in [0.15, 0.2) is 95.9 Å². The molecule has 9 nitrogen and oxygen atoms in total. The first-order valence-corrected chi connectivity index (χ1v) is 12.0. The van der Waals surface area contributed by atoms with E-state index in [1.54, 1.807) is 52.5 Å². The zero-order chi connectivity index (χ0) is 25.6. The van der Waals surface area contributed by atoms with Gasteiger partial charge in [0.2, 0.25) is 11.8 Å². The molecule has 0 aliphatic carbocycles. The van der Waals surface area contributed by atoms with Crippen molar-refractivity contribution >= 4 is 28.5 Å². The number of fused-ring (bicyclic) bond motifs is 1. The Balaban J connectivity index is 1.57. The number of nitrogens with zero attached hydrogens (tertiary/aromatic N) is 5. The van der Waals surface area contributed by atoms with E-state index in [2.05, 4.69) is 20.6 Å². The Hall–Kier alpha value is -4.79. The van der Waals surface area contributed by atoms with Gasteiger partial charge in [-0.25, -0.2) is 4.68 Å². The maximum Gasteiger partial charge on any atom is 0.249 e. The molecule has 5 rings (SSSR count). The van der Waals surface area contributed by atoms with Crippen molar-refractivity contribution in [3.8, 4) is 0 Å². The van der Waals surface area contributed by atoms with E-state index in [-0.39, 0.29) is 24.9 Å². The molecule has 0 bridgehead atoms. The van der Waals surface area contributed by atoms with Crippen LogP contribution in [-0.2, 0) is 29.1 Å². The molecule has 5 aromatic rings. The first kappa shape index (κ1) is 23.9. The smallest absolute Gasteiger partial charge is 0.249 e. The van der Waals surface area contributed by atoms with Gasteiger partial charge in [0.1, 0.15) is 23.9 Å². The number of benzene rings is 2. The number of carbonyl (C=O) groups is 2. The number of para-hydroxylation sites is 2. The number of nitrogens with one attached hydrogen (secondary N) is 1. The number of pyridine rings is 1. The number of hydrogen-bond acceptors (Lipinski definition) is 6. The van der Waals surface area contributed by atoms with E-state index in [1.165, 1.54) is 0 Å². The van der Waals surface area contributed by atoms with Crippen LogP contribution in [0.3, 0.4) is 0 Å². The molecule has 37 heavy (non-hydrogen) atoms. The van der Waals surface area contributed by atoms with Gasteiger partial charge in [-0.1, -0.05) is 48.5 Å². The van der Waals surface area contributed by atoms with Crippen molar-refractivity contribution in [2.75, 3.05) is 4.90 Å². The van der Waals surface area contributed by atoms with Crippen molar-refractivity contribution in [3.63, 3.8) is 0 Å². The normalized spacial score (nSPS) is 11.8. The third-order valence-electron chi connectivity index (χ3n) is 6.13. The van der Waals surface area contributed by atoms with Gasteiger partial charge in [0.25, 0.3) is 0 Å². The molecule has 1 atom stereocenters. The summed E-state index contributed by atoms with van der Waals surface area (Å²) >= 11 is 0. The van der Waals surface area contributed by atoms with Gasteiger partial charge in [-0.3, -0.25) is 19.5 Å². The molecule has 3 heterocycles. The molecule has 9 heteroatoms. The van der Waals surface area contributed by atoms with E-state index in [0.29, 0.717) is 28.9 Å². The molecule has 0 saturated carbocycles. The first-order valence-electron chi connectivity index (χ1n) is 12.0. The lowest BCUT2D eigenvalue weighted by Gasteiger charge is -2.32. The molecule has 1 N–H and O–H groups in total. The van der Waals surface area contributed by atoms with E-state index in [0.717, 1.165) is 11.1 Å². The fraction of sp³-hybridized carbons (Fsp3) is 0.179. The van der Waals surface area contributed by atoms with Gasteiger partial charge in [-0.05, 0) is 48.4 Å². The minimum absolute atomic E-state index is 0.0964. The van der Waals surface area contributed by atoms with Gasteiger partial charge in [0, 0.05) is 23.6 Å². The Morgan fingerprint density at radius 2 is 1.86 bits per heavy atom. The van der Waals surface area contributed by atoms with Crippen LogP contribution in [0.25, 0.3) is 11.0 Å². The molecule has 186 valence electrons. The molecule has 0 radical (unpaired) electrons. The van der Waals surface area contributed by atoms with Crippen molar-refractivity contribution in [2.24, 2.45) is 0 Å². The van der Waals surface area contributed by atoms with Crippen LogP contribution < -0.4 is 10.2 Å². The van der Waals surface area contributed by atoms with Crippen molar-refractivity contribution in [3.05, 3.63) is 108 Å². The van der Waals surface area contributed by atoms with Gasteiger partial charge in [-0.15, -0.1) is 5.10 Å². The van der Waals surface area contributed by atoms with Crippen LogP contribution in [0, 0.1) is 0 Å². The Kier molecular flexibility index (Phi) is 7.02. The molecular weight excluding hydrogens is 468 g/mol. The number of furan rings is 1. The molecule has 0 aliphatic rings. The number of rotatable bonds is 9. The Labute approximate surface area is 213 Å². The Morgan fingerprint density at radius 3 is 2.65 bits per heavy atom. The number of aromatic nitrogens is 4. The Bertz CT molecular complexity index is 1500. The second kappa shape index (κ2) is 10.9. The quantitative estimate of drug-likeness (QED) is 0.331. The molecule has 0 spiro atoms. The predicted molar refractivity (Wildman–Crippen MR) is 138 cm³/mol. The number of amides is 2. The van der Waals surface area contributed by atoms with Crippen molar-refractivity contribution in [1.82, 2.24) is 25.3 Å². The van der Waals surface area contributed by atoms with Gasteiger partial charge >= 0.3 is 0 Å². The summed E-state index contributed by atoms with van der Waals surface area (Å²) in [6, 6.07) is 21.2. The average molecular weight is 495 g/mol. The van der Waals surface area contributed by atoms with Gasteiger partial charge < -0.3 is 9.73 Å². The fourth-order valence-electron chi connectivity index (χ4n) is 4.34. The second-order valence-electron chi connectivity index (χ2n) is 8.47. The lowest BCUT2D eigenvalue weighted by atomic mass is 10.0. The van der Waals surface area contributed by atoms with Crippen molar-refractivity contribution < 1.29 is 14.0 Å². The van der Waals surface area contributed by atoms with Crippen molar-refractivity contribution in [1.29, 1.82) is 0 Å². The lowest BCUT2D eigenvalue weighted by molar-refractivity contribution is -0.127. The summed E-state index contributed by atoms with van der Waals surface area (Å²) < 4.78 is 6.94. The number of hydrogen-bond donors (Lipinski definition) is 1. The molecule has 2 amide bonds. The topological polar surface area (TPSA) is 106 Å². The average Bonchev–Trinajstić information content (AvgIpc) is 3.61. The summed E-state index contributed by atoms with van der Waals surface area (Å²) in [6.45, 7) is 2.11. The van der Waals surface area contributed by atoms with Gasteiger partial charge in [0.15, 0.2) is 0 Å². The maximum atomic E-state index is 14.1. The molecule has 2 aromatic carbocycles. The summed E-state index contributed by atoms with van der Waals surface area (Å²) in [5, 5.41) is 11.3. The third-order valence-corrected chi connectivity index (χ3v) is 6.13. The molecule has 0 saturated heterocycles. The van der Waals surface area contributed by atoms with Crippen LogP contribution in [0.5, 0.6) is 0 Å². The summed E-state index contributed by atoms with van der Waals surface area (Å²) in [5.41, 5.74) is 3.60. The number of anilines is 1. The highest BCUT2D eigenvalue weighted by Gasteiger charge is 2.34. The van der Waals surface area contributed by atoms with Gasteiger partial charge in [-0.2, -0.15) is 0 Å². The molecule has 0 unspecified atom stereocenters. The fourth-order valence-corrected chi connectivity index (χ4v) is 4.34. The second-order valence-corrected chi connectivity index (χ2v) is 8.47. The summed E-state index contributed by atoms with van der Waals surface area (Å²) in [7, 11) is 0. The van der Waals surface area contributed by atoms with Crippen LogP contribution >= 0.6 is 0 Å². The first-order chi connectivity index (χ1) is 18.2. The van der Waals surface area contributed by atoms with Crippen LogP contribution in [0.2, 0.25) is 0 Å². The Morgan fingerprint density at radius 1 is 1.03 bits per heavy atom. The highest BCUT2D eigenvalue weighted by Crippen LogP contribution is 2.31. The van der Waals surface area contributed by atoms with E-state index >= 15 is 0 Å². The summed E-state index contributed by atoms with van der Waals surface area (Å²) in [5.74, 6) is -0.0510. The zero-order valence-electron chi connectivity index (χ0n) is 20.3. The monoisotopic (exact) mass is 494 g/mol. The minimum Gasteiger partial charge on any atom is -0.467 e. The summed E-state index contributed by atoms with van der Waals surface area (Å²) in [4.78, 5) is 33.6. The van der Waals surface area contributed by atoms with Crippen molar-refractivity contribution in [2.45, 2.75) is 32.5 Å². The standard InChI is InChI=1S/C28H26N6O3/c1-2-20-9-3-5-13-24(20)34(26(35)19-33-25-14-6-4-12-23(25)31-32-33)27(21-10-7-15-29-17-21)28(36)30-18-22-11-8-16-37-22/h3-17,27H,2,18-19H2,1H3,(H,30,36)/t27-/m1/s1. The molecule has 0 aliphatic heterocycles. The molecular formula is C28H26N6O3. The van der Waals surface area contributed by atoms with Crippen LogP contribution in [0.4, 0.5) is 5.69 Å². The lowest BCUT2D eigenvalue weighted by Crippen LogP contribution is -2.45. The molecule has 3 aromatic heterocycles. The zero-order valence-corrected chi connectivity index (χ0v) is 20.3. The largest absolute Gasteiger partial charge is 0.467 e. The predicted octanol–water partition coefficient (Wildman–Crippen LogP) is 4.07. The van der Waals surface area contributed by atoms with E-state index in [4.69, 9.17) is 4.42 Å². The minimum atomic E-state index is -0.973. The third kappa shape index (κ3) is 5.11. The van der Waals surface area contributed by atoms with Gasteiger partial charge in [0.05, 0.1) is 18.3 Å². The highest BCUT2D eigenvalue weighted by molar-refractivity contribution is 6.02. The molecule has 0 fully saturated rings. The highest BCUT2D eigenvalue weighted by atomic mass is 16.3. The van der Waals surface area contributed by atoms with E-state index in [1.807, 2.05) is 55.5 Å². The number of carbonyl (C=O) groups excluding carboxylic acids is 2. The van der Waals surface area contributed by atoms with E-state index in [9.17, 15) is 9.59 Å². The SMILES string of the molecule is CCc1ccccc1N(C(=O)Cn1nnc2ccccc21)[C@@H](C(=O)NCc1ccco1)c1cccnc1. The van der Waals surface area contributed by atoms with Crippen LogP contribution in [0.1, 0.15) is 29.9 Å². The maximum absolute atomic E-state index is 14.1. The summed E-state index contributed by atoms with van der Waals surface area (Å²) in [6.07, 6.45) is 5.47. The van der Waals surface area contributed by atoms with Crippen LogP contribution in [-0.4, -0.2) is 31.8 Å².